The minimum absolute atomic E-state index is 0.246. The van der Waals surface area contributed by atoms with Crippen LogP contribution in [0.5, 0.6) is 0 Å². The van der Waals surface area contributed by atoms with E-state index < -0.39 is 0 Å². The second-order valence-electron chi connectivity index (χ2n) is 4.81. The molecule has 1 amide bonds. The normalized spacial score (nSPS) is 10.4. The first-order chi connectivity index (χ1) is 10.8. The smallest absolute Gasteiger partial charge is 0.271 e. The van der Waals surface area contributed by atoms with Crippen molar-refractivity contribution >= 4 is 5.91 Å². The van der Waals surface area contributed by atoms with Gasteiger partial charge >= 0.3 is 0 Å². The van der Waals surface area contributed by atoms with E-state index in [4.69, 9.17) is 0 Å². The zero-order valence-corrected chi connectivity index (χ0v) is 11.9. The van der Waals surface area contributed by atoms with Crippen LogP contribution >= 0.6 is 0 Å². The Morgan fingerprint density at radius 2 is 1.95 bits per heavy atom. The van der Waals surface area contributed by atoms with Gasteiger partial charge in [0.25, 0.3) is 5.91 Å². The van der Waals surface area contributed by atoms with Gasteiger partial charge in [0.2, 0.25) is 0 Å². The summed E-state index contributed by atoms with van der Waals surface area (Å²) in [5.74, 6) is -0.246. The fraction of sp³-hybridized carbons (Fsp3) is 0.125. The van der Waals surface area contributed by atoms with Crippen molar-refractivity contribution in [2.75, 3.05) is 0 Å². The number of nitrogens with one attached hydrogen (secondary N) is 1. The Labute approximate surface area is 127 Å². The zero-order valence-electron chi connectivity index (χ0n) is 11.9. The number of rotatable bonds is 5. The Morgan fingerprint density at radius 3 is 2.73 bits per heavy atom. The minimum atomic E-state index is -0.246. The zero-order chi connectivity index (χ0) is 15.2. The molecule has 0 spiro atoms. The molecule has 2 aromatic heterocycles. The standard InChI is InChI=1S/C16H15N5O/c22-16(15-10-17-6-7-18-15)19-8-14-9-20-21(12-14)11-13-4-2-1-3-5-13/h1-7,9-10,12H,8,11H2,(H,19,22). The third-order valence-electron chi connectivity index (χ3n) is 3.12. The summed E-state index contributed by atoms with van der Waals surface area (Å²) in [7, 11) is 0. The third kappa shape index (κ3) is 3.54. The second kappa shape index (κ2) is 6.62. The summed E-state index contributed by atoms with van der Waals surface area (Å²) in [6.07, 6.45) is 8.13. The number of carbonyl (C=O) groups excluding carboxylic acids is 1. The van der Waals surface area contributed by atoms with Crippen molar-refractivity contribution < 1.29 is 4.79 Å². The van der Waals surface area contributed by atoms with E-state index in [1.165, 1.54) is 24.2 Å². The molecule has 110 valence electrons. The molecular formula is C16H15N5O. The van der Waals surface area contributed by atoms with E-state index in [0.717, 1.165) is 5.56 Å². The number of aromatic nitrogens is 4. The largest absolute Gasteiger partial charge is 0.346 e. The highest BCUT2D eigenvalue weighted by Gasteiger charge is 2.07. The molecule has 1 aromatic carbocycles. The number of amides is 1. The van der Waals surface area contributed by atoms with Gasteiger partial charge in [-0.05, 0) is 5.56 Å². The second-order valence-corrected chi connectivity index (χ2v) is 4.81. The van der Waals surface area contributed by atoms with Gasteiger partial charge in [0, 0.05) is 30.7 Å². The number of hydrogen-bond acceptors (Lipinski definition) is 4. The summed E-state index contributed by atoms with van der Waals surface area (Å²) in [6, 6.07) is 10.1. The molecule has 0 unspecified atom stereocenters. The van der Waals surface area contributed by atoms with Gasteiger partial charge in [-0.15, -0.1) is 0 Å². The molecule has 0 atom stereocenters. The maximum absolute atomic E-state index is 11.9. The van der Waals surface area contributed by atoms with Gasteiger partial charge in [-0.3, -0.25) is 14.5 Å². The fourth-order valence-electron chi connectivity index (χ4n) is 2.04. The lowest BCUT2D eigenvalue weighted by Gasteiger charge is -2.02. The van der Waals surface area contributed by atoms with E-state index in [1.807, 2.05) is 29.1 Å². The molecule has 0 aliphatic rings. The first kappa shape index (κ1) is 13.9. The Bertz CT molecular complexity index is 739. The fourth-order valence-corrected chi connectivity index (χ4v) is 2.04. The number of nitrogens with zero attached hydrogens (tertiary/aromatic N) is 4. The molecule has 22 heavy (non-hydrogen) atoms. The number of hydrogen-bond donors (Lipinski definition) is 1. The number of benzene rings is 1. The van der Waals surface area contributed by atoms with Crippen molar-refractivity contribution in [1.29, 1.82) is 0 Å². The van der Waals surface area contributed by atoms with Gasteiger partial charge in [0.1, 0.15) is 5.69 Å². The van der Waals surface area contributed by atoms with Crippen LogP contribution in [-0.2, 0) is 13.1 Å². The van der Waals surface area contributed by atoms with Crippen LogP contribution in [0, 0.1) is 0 Å². The van der Waals surface area contributed by atoms with Crippen molar-refractivity contribution in [3.05, 3.63) is 78.1 Å². The molecule has 2 heterocycles. The Kier molecular flexibility index (Phi) is 4.20. The van der Waals surface area contributed by atoms with E-state index in [9.17, 15) is 4.79 Å². The molecule has 0 radical (unpaired) electrons. The molecule has 0 fully saturated rings. The van der Waals surface area contributed by atoms with E-state index in [-0.39, 0.29) is 5.91 Å². The third-order valence-corrected chi connectivity index (χ3v) is 3.12. The average molecular weight is 293 g/mol. The molecule has 0 saturated heterocycles. The maximum atomic E-state index is 11.9. The molecule has 6 heteroatoms. The maximum Gasteiger partial charge on any atom is 0.271 e. The van der Waals surface area contributed by atoms with Crippen LogP contribution < -0.4 is 5.32 Å². The SMILES string of the molecule is O=C(NCc1cnn(Cc2ccccc2)c1)c1cnccn1. The lowest BCUT2D eigenvalue weighted by atomic mass is 10.2. The predicted molar refractivity (Wildman–Crippen MR) is 81.0 cm³/mol. The lowest BCUT2D eigenvalue weighted by Crippen LogP contribution is -2.23. The molecule has 3 aromatic rings. The summed E-state index contributed by atoms with van der Waals surface area (Å²) in [4.78, 5) is 19.7. The van der Waals surface area contributed by atoms with Gasteiger partial charge in [-0.1, -0.05) is 30.3 Å². The molecule has 0 bridgehead atoms. The highest BCUT2D eigenvalue weighted by atomic mass is 16.1. The quantitative estimate of drug-likeness (QED) is 0.776. The number of carbonyl (C=O) groups is 1. The average Bonchev–Trinajstić information content (AvgIpc) is 3.02. The van der Waals surface area contributed by atoms with Gasteiger partial charge in [0.15, 0.2) is 0 Å². The van der Waals surface area contributed by atoms with E-state index >= 15 is 0 Å². The molecule has 0 aliphatic heterocycles. The molecule has 0 aliphatic carbocycles. The summed E-state index contributed by atoms with van der Waals surface area (Å²) >= 11 is 0. The first-order valence-corrected chi connectivity index (χ1v) is 6.91. The van der Waals surface area contributed by atoms with Crippen molar-refractivity contribution in [3.8, 4) is 0 Å². The van der Waals surface area contributed by atoms with Gasteiger partial charge in [-0.25, -0.2) is 4.98 Å². The monoisotopic (exact) mass is 293 g/mol. The summed E-state index contributed by atoms with van der Waals surface area (Å²) in [5, 5.41) is 7.10. The van der Waals surface area contributed by atoms with Crippen LogP contribution in [0.1, 0.15) is 21.6 Å². The Morgan fingerprint density at radius 1 is 1.09 bits per heavy atom. The van der Waals surface area contributed by atoms with Gasteiger partial charge < -0.3 is 5.32 Å². The van der Waals surface area contributed by atoms with E-state index in [1.54, 1.807) is 6.20 Å². The van der Waals surface area contributed by atoms with Crippen molar-refractivity contribution in [3.63, 3.8) is 0 Å². The Hall–Kier alpha value is -3.02. The van der Waals surface area contributed by atoms with Crippen molar-refractivity contribution in [2.45, 2.75) is 13.1 Å². The van der Waals surface area contributed by atoms with Crippen LogP contribution in [0.15, 0.2) is 61.3 Å². The van der Waals surface area contributed by atoms with Crippen LogP contribution in [0.25, 0.3) is 0 Å². The van der Waals surface area contributed by atoms with E-state index in [2.05, 4.69) is 32.5 Å². The Balaban J connectivity index is 1.57. The van der Waals surface area contributed by atoms with E-state index in [0.29, 0.717) is 18.8 Å². The summed E-state index contributed by atoms with van der Waals surface area (Å²) < 4.78 is 1.85. The van der Waals surface area contributed by atoms with Crippen LogP contribution in [-0.4, -0.2) is 25.7 Å². The topological polar surface area (TPSA) is 72.7 Å². The highest BCUT2D eigenvalue weighted by molar-refractivity contribution is 5.91. The summed E-state index contributed by atoms with van der Waals surface area (Å²) in [6.45, 7) is 1.11. The molecule has 0 saturated carbocycles. The van der Waals surface area contributed by atoms with Crippen molar-refractivity contribution in [2.24, 2.45) is 0 Å². The molecule has 1 N–H and O–H groups in total. The van der Waals surface area contributed by atoms with Crippen molar-refractivity contribution in [1.82, 2.24) is 25.1 Å². The molecule has 6 nitrogen and oxygen atoms in total. The van der Waals surface area contributed by atoms with Crippen LogP contribution in [0.4, 0.5) is 0 Å². The summed E-state index contributed by atoms with van der Waals surface area (Å²) in [5.41, 5.74) is 2.42. The molecular weight excluding hydrogens is 278 g/mol. The first-order valence-electron chi connectivity index (χ1n) is 6.91. The lowest BCUT2D eigenvalue weighted by molar-refractivity contribution is 0.0945. The minimum Gasteiger partial charge on any atom is -0.346 e. The molecule has 3 rings (SSSR count). The van der Waals surface area contributed by atoms with Crippen LogP contribution in [0.2, 0.25) is 0 Å². The van der Waals surface area contributed by atoms with Crippen LogP contribution in [0.3, 0.4) is 0 Å². The highest BCUT2D eigenvalue weighted by Crippen LogP contribution is 2.04. The predicted octanol–water partition coefficient (Wildman–Crippen LogP) is 1.65. The van der Waals surface area contributed by atoms with Gasteiger partial charge in [0.05, 0.1) is 18.9 Å². The van der Waals surface area contributed by atoms with Gasteiger partial charge in [-0.2, -0.15) is 5.10 Å².